The molecule has 0 fully saturated rings. The number of aliphatic hydroxyl groups is 1. The molecule has 3 nitrogen and oxygen atoms in total. The lowest BCUT2D eigenvalue weighted by molar-refractivity contribution is 0.103. The van der Waals surface area contributed by atoms with E-state index in [2.05, 4.69) is 0 Å². The van der Waals surface area contributed by atoms with Crippen LogP contribution in [0.3, 0.4) is 0 Å². The zero-order valence-electron chi connectivity index (χ0n) is 12.7. The molecular formula is C20H15ClO3. The average molecular weight is 339 g/mol. The molecule has 0 heterocycles. The summed E-state index contributed by atoms with van der Waals surface area (Å²) in [6, 6.07) is 23.0. The van der Waals surface area contributed by atoms with Crippen molar-refractivity contribution in [2.75, 3.05) is 0 Å². The minimum atomic E-state index is -1.07. The number of ketones is 1. The van der Waals surface area contributed by atoms with E-state index >= 15 is 0 Å². The standard InChI is InChI=1S/C20H15ClO3/c21-20(23)16-8-6-14(7-9-16)19(22)15-10-12-18(13-11-15)24-17-4-2-1-3-5-17/h1-13,20,23H. The number of ether oxygens (including phenoxy) is 1. The highest BCUT2D eigenvalue weighted by Crippen LogP contribution is 2.23. The Labute approximate surface area is 145 Å². The Kier molecular flexibility index (Phi) is 4.94. The van der Waals surface area contributed by atoms with Gasteiger partial charge in [-0.15, -0.1) is 0 Å². The lowest BCUT2D eigenvalue weighted by Gasteiger charge is -2.07. The third kappa shape index (κ3) is 3.82. The van der Waals surface area contributed by atoms with Gasteiger partial charge in [0.1, 0.15) is 11.5 Å². The molecule has 3 rings (SSSR count). The Balaban J connectivity index is 1.74. The Morgan fingerprint density at radius 1 is 0.792 bits per heavy atom. The first-order valence-electron chi connectivity index (χ1n) is 7.43. The van der Waals surface area contributed by atoms with Gasteiger partial charge in [-0.1, -0.05) is 54.1 Å². The smallest absolute Gasteiger partial charge is 0.193 e. The third-order valence-electron chi connectivity index (χ3n) is 3.54. The summed E-state index contributed by atoms with van der Waals surface area (Å²) >= 11 is 5.59. The lowest BCUT2D eigenvalue weighted by atomic mass is 10.0. The molecule has 1 unspecified atom stereocenters. The maximum Gasteiger partial charge on any atom is 0.193 e. The summed E-state index contributed by atoms with van der Waals surface area (Å²) in [7, 11) is 0. The van der Waals surface area contributed by atoms with Crippen molar-refractivity contribution in [1.29, 1.82) is 0 Å². The van der Waals surface area contributed by atoms with E-state index in [1.165, 1.54) is 0 Å². The van der Waals surface area contributed by atoms with E-state index in [-0.39, 0.29) is 5.78 Å². The van der Waals surface area contributed by atoms with Gasteiger partial charge < -0.3 is 9.84 Å². The third-order valence-corrected chi connectivity index (χ3v) is 3.80. The van der Waals surface area contributed by atoms with Gasteiger partial charge >= 0.3 is 0 Å². The topological polar surface area (TPSA) is 46.5 Å². The highest BCUT2D eigenvalue weighted by atomic mass is 35.5. The van der Waals surface area contributed by atoms with E-state index in [4.69, 9.17) is 16.3 Å². The minimum Gasteiger partial charge on any atom is -0.457 e. The summed E-state index contributed by atoms with van der Waals surface area (Å²) in [4.78, 5) is 12.5. The van der Waals surface area contributed by atoms with Crippen LogP contribution in [0.5, 0.6) is 11.5 Å². The molecule has 4 heteroatoms. The van der Waals surface area contributed by atoms with Crippen LogP contribution in [0.15, 0.2) is 78.9 Å². The molecule has 0 spiro atoms. The van der Waals surface area contributed by atoms with Gasteiger partial charge in [0.2, 0.25) is 0 Å². The normalized spacial score (nSPS) is 11.8. The van der Waals surface area contributed by atoms with Gasteiger partial charge in [0.25, 0.3) is 0 Å². The van der Waals surface area contributed by atoms with Crippen molar-refractivity contribution in [3.05, 3.63) is 95.6 Å². The number of halogens is 1. The van der Waals surface area contributed by atoms with Crippen LogP contribution in [0, 0.1) is 0 Å². The first-order valence-corrected chi connectivity index (χ1v) is 7.87. The molecule has 0 amide bonds. The van der Waals surface area contributed by atoms with Gasteiger partial charge in [-0.2, -0.15) is 0 Å². The largest absolute Gasteiger partial charge is 0.457 e. The second-order valence-corrected chi connectivity index (χ2v) is 5.64. The Bertz CT molecular complexity index is 810. The van der Waals surface area contributed by atoms with E-state index < -0.39 is 5.56 Å². The highest BCUT2D eigenvalue weighted by molar-refractivity contribution is 6.19. The summed E-state index contributed by atoms with van der Waals surface area (Å²) in [5.41, 5.74) is 0.589. The molecular weight excluding hydrogens is 324 g/mol. The second kappa shape index (κ2) is 7.30. The number of benzene rings is 3. The van der Waals surface area contributed by atoms with Crippen LogP contribution in [-0.4, -0.2) is 10.9 Å². The quantitative estimate of drug-likeness (QED) is 0.529. The van der Waals surface area contributed by atoms with Crippen molar-refractivity contribution in [1.82, 2.24) is 0 Å². The molecule has 0 radical (unpaired) electrons. The minimum absolute atomic E-state index is 0.100. The average Bonchev–Trinajstić information content (AvgIpc) is 2.63. The fraction of sp³-hybridized carbons (Fsp3) is 0.0500. The van der Waals surface area contributed by atoms with Crippen LogP contribution in [-0.2, 0) is 0 Å². The molecule has 0 saturated carbocycles. The van der Waals surface area contributed by atoms with Gasteiger partial charge in [0, 0.05) is 11.1 Å². The van der Waals surface area contributed by atoms with Gasteiger partial charge in [-0.25, -0.2) is 0 Å². The summed E-state index contributed by atoms with van der Waals surface area (Å²) in [6.45, 7) is 0. The number of alkyl halides is 1. The fourth-order valence-corrected chi connectivity index (χ4v) is 2.40. The molecule has 1 N–H and O–H groups in total. The number of aliphatic hydroxyl groups excluding tert-OH is 1. The Morgan fingerprint density at radius 2 is 1.29 bits per heavy atom. The lowest BCUT2D eigenvalue weighted by Crippen LogP contribution is -2.01. The van der Waals surface area contributed by atoms with Gasteiger partial charge in [-0.05, 0) is 42.0 Å². The van der Waals surface area contributed by atoms with E-state index in [1.54, 1.807) is 48.5 Å². The Hall–Kier alpha value is -2.62. The van der Waals surface area contributed by atoms with Crippen molar-refractivity contribution < 1.29 is 14.6 Å². The molecule has 120 valence electrons. The maximum atomic E-state index is 12.5. The van der Waals surface area contributed by atoms with Gasteiger partial charge in [-0.3, -0.25) is 4.79 Å². The van der Waals surface area contributed by atoms with E-state index in [0.717, 1.165) is 5.75 Å². The second-order valence-electron chi connectivity index (χ2n) is 5.23. The van der Waals surface area contributed by atoms with Crippen LogP contribution in [0.1, 0.15) is 27.0 Å². The molecule has 0 aliphatic carbocycles. The number of hydrogen-bond donors (Lipinski definition) is 1. The first kappa shape index (κ1) is 16.2. The van der Waals surface area contributed by atoms with Crippen LogP contribution < -0.4 is 4.74 Å². The van der Waals surface area contributed by atoms with Crippen LogP contribution in [0.4, 0.5) is 0 Å². The zero-order valence-corrected chi connectivity index (χ0v) is 13.5. The summed E-state index contributed by atoms with van der Waals surface area (Å²) < 4.78 is 5.71. The molecule has 3 aromatic carbocycles. The molecule has 0 saturated heterocycles. The predicted molar refractivity (Wildman–Crippen MR) is 93.6 cm³/mol. The fourth-order valence-electron chi connectivity index (χ4n) is 2.26. The van der Waals surface area contributed by atoms with Crippen LogP contribution in [0.25, 0.3) is 0 Å². The van der Waals surface area contributed by atoms with Crippen molar-refractivity contribution in [2.24, 2.45) is 0 Å². The predicted octanol–water partition coefficient (Wildman–Crippen LogP) is 4.94. The molecule has 0 aliphatic rings. The summed E-state index contributed by atoms with van der Waals surface area (Å²) in [5, 5.41) is 9.29. The monoisotopic (exact) mass is 338 g/mol. The van der Waals surface area contributed by atoms with E-state index in [9.17, 15) is 9.90 Å². The maximum absolute atomic E-state index is 12.5. The Morgan fingerprint density at radius 3 is 1.83 bits per heavy atom. The van der Waals surface area contributed by atoms with Crippen LogP contribution in [0.2, 0.25) is 0 Å². The molecule has 24 heavy (non-hydrogen) atoms. The zero-order chi connectivity index (χ0) is 16.9. The summed E-state index contributed by atoms with van der Waals surface area (Å²) in [5.74, 6) is 1.31. The highest BCUT2D eigenvalue weighted by Gasteiger charge is 2.10. The van der Waals surface area contributed by atoms with E-state index in [1.807, 2.05) is 30.3 Å². The molecule has 3 aromatic rings. The number of carbonyl (C=O) groups is 1. The van der Waals surface area contributed by atoms with Crippen molar-refractivity contribution in [2.45, 2.75) is 5.56 Å². The molecule has 0 aromatic heterocycles. The van der Waals surface area contributed by atoms with Crippen LogP contribution >= 0.6 is 11.6 Å². The first-order chi connectivity index (χ1) is 11.6. The number of hydrogen-bond acceptors (Lipinski definition) is 3. The SMILES string of the molecule is O=C(c1ccc(Oc2ccccc2)cc1)c1ccc(C(O)Cl)cc1. The summed E-state index contributed by atoms with van der Waals surface area (Å²) in [6.07, 6.45) is 0. The van der Waals surface area contributed by atoms with Crippen molar-refractivity contribution in [3.8, 4) is 11.5 Å². The molecule has 0 bridgehead atoms. The molecule has 1 atom stereocenters. The number of para-hydroxylation sites is 1. The number of rotatable bonds is 5. The van der Waals surface area contributed by atoms with Crippen molar-refractivity contribution in [3.63, 3.8) is 0 Å². The van der Waals surface area contributed by atoms with Gasteiger partial charge in [0.15, 0.2) is 11.3 Å². The molecule has 0 aliphatic heterocycles. The van der Waals surface area contributed by atoms with Crippen molar-refractivity contribution >= 4 is 17.4 Å². The van der Waals surface area contributed by atoms with E-state index in [0.29, 0.717) is 22.4 Å². The van der Waals surface area contributed by atoms with Gasteiger partial charge in [0.05, 0.1) is 0 Å². The number of carbonyl (C=O) groups excluding carboxylic acids is 1.